The zero-order chi connectivity index (χ0) is 27.8. The topological polar surface area (TPSA) is 93.5 Å². The smallest absolute Gasteiger partial charge is 0.322 e. The lowest BCUT2D eigenvalue weighted by Crippen LogP contribution is -2.44. The minimum absolute atomic E-state index is 0.0902. The van der Waals surface area contributed by atoms with Crippen molar-refractivity contribution in [1.82, 2.24) is 9.80 Å². The number of carbonyl (C=O) groups excluding carboxylic acids is 2. The van der Waals surface area contributed by atoms with Gasteiger partial charge in [-0.05, 0) is 75.6 Å². The minimum atomic E-state index is -0.330. The fourth-order valence-corrected chi connectivity index (χ4v) is 4.42. The molecule has 0 aliphatic carbocycles. The normalized spacial score (nSPS) is 11.9. The highest BCUT2D eigenvalue weighted by molar-refractivity contribution is 5.93. The van der Waals surface area contributed by atoms with E-state index in [1.54, 1.807) is 9.80 Å². The molecule has 0 saturated heterocycles. The first-order valence-electron chi connectivity index (χ1n) is 13.2. The second kappa shape index (κ2) is 13.2. The molecule has 4 rings (SSSR count). The van der Waals surface area contributed by atoms with Crippen LogP contribution in [0.1, 0.15) is 41.6 Å². The van der Waals surface area contributed by atoms with E-state index in [2.05, 4.69) is 5.32 Å². The summed E-state index contributed by atoms with van der Waals surface area (Å²) in [6, 6.07) is 14.9. The molecule has 0 unspecified atom stereocenters. The molecule has 1 aliphatic rings. The van der Waals surface area contributed by atoms with Crippen LogP contribution in [0.5, 0.6) is 11.5 Å². The molecule has 0 radical (unpaired) electrons. The number of aryl methyl sites for hydroxylation is 3. The van der Waals surface area contributed by atoms with Gasteiger partial charge in [0.2, 0.25) is 12.7 Å². The third kappa shape index (κ3) is 7.77. The number of urea groups is 1. The summed E-state index contributed by atoms with van der Waals surface area (Å²) < 4.78 is 22.2. The van der Waals surface area contributed by atoms with Gasteiger partial charge in [-0.1, -0.05) is 23.8 Å². The lowest BCUT2D eigenvalue weighted by atomic mass is 10.1. The number of fused-ring (bicyclic) bond motifs is 1. The van der Waals surface area contributed by atoms with Crippen LogP contribution >= 0.6 is 0 Å². The Morgan fingerprint density at radius 3 is 2.51 bits per heavy atom. The fourth-order valence-electron chi connectivity index (χ4n) is 4.42. The maximum absolute atomic E-state index is 13.7. The summed E-state index contributed by atoms with van der Waals surface area (Å²) in [4.78, 5) is 30.3. The first-order chi connectivity index (χ1) is 18.8. The fraction of sp³-hybridized carbons (Fsp3) is 0.400. The highest BCUT2D eigenvalue weighted by Crippen LogP contribution is 2.33. The molecule has 2 heterocycles. The van der Waals surface area contributed by atoms with E-state index in [1.165, 1.54) is 0 Å². The number of anilines is 1. The number of hydrogen-bond donors (Lipinski definition) is 1. The van der Waals surface area contributed by atoms with Gasteiger partial charge >= 0.3 is 6.03 Å². The van der Waals surface area contributed by atoms with E-state index in [0.29, 0.717) is 50.0 Å². The number of carbonyl (C=O) groups is 2. The van der Waals surface area contributed by atoms with E-state index in [9.17, 15) is 9.59 Å². The lowest BCUT2D eigenvalue weighted by Gasteiger charge is -2.28. The molecule has 3 amide bonds. The molecule has 39 heavy (non-hydrogen) atoms. The number of furan rings is 1. The zero-order valence-corrected chi connectivity index (χ0v) is 23.1. The molecule has 2 aromatic carbocycles. The molecule has 0 atom stereocenters. The predicted molar refractivity (Wildman–Crippen MR) is 148 cm³/mol. The van der Waals surface area contributed by atoms with E-state index < -0.39 is 0 Å². The van der Waals surface area contributed by atoms with Crippen LogP contribution in [0.3, 0.4) is 0 Å². The van der Waals surface area contributed by atoms with Crippen LogP contribution in [-0.4, -0.2) is 54.8 Å². The van der Waals surface area contributed by atoms with Gasteiger partial charge in [-0.3, -0.25) is 4.79 Å². The highest BCUT2D eigenvalue weighted by Gasteiger charge is 2.24. The molecule has 0 bridgehead atoms. The summed E-state index contributed by atoms with van der Waals surface area (Å²) in [6.45, 7) is 9.91. The van der Waals surface area contributed by atoms with E-state index in [4.69, 9.17) is 18.6 Å². The number of benzene rings is 2. The van der Waals surface area contributed by atoms with Gasteiger partial charge in [0.15, 0.2) is 11.5 Å². The number of nitrogens with one attached hydrogen (secondary N) is 1. The first kappa shape index (κ1) is 28.0. The molecule has 1 aliphatic heterocycles. The van der Waals surface area contributed by atoms with E-state index >= 15 is 0 Å². The van der Waals surface area contributed by atoms with Crippen molar-refractivity contribution >= 4 is 17.6 Å². The van der Waals surface area contributed by atoms with Crippen LogP contribution in [0, 0.1) is 20.8 Å². The Kier molecular flexibility index (Phi) is 9.49. The Morgan fingerprint density at radius 1 is 0.949 bits per heavy atom. The van der Waals surface area contributed by atoms with Crippen molar-refractivity contribution in [2.75, 3.05) is 38.4 Å². The van der Waals surface area contributed by atoms with E-state index in [0.717, 1.165) is 28.1 Å². The van der Waals surface area contributed by atoms with Crippen molar-refractivity contribution in [1.29, 1.82) is 0 Å². The SMILES string of the molecule is CCOCCCN(CC(=O)N(Cc1ccc2c(c1)OCO2)Cc1ccc(C)o1)C(=O)Nc1ccc(C)cc1C. The highest BCUT2D eigenvalue weighted by atomic mass is 16.7. The van der Waals surface area contributed by atoms with Gasteiger partial charge in [-0.15, -0.1) is 0 Å². The van der Waals surface area contributed by atoms with Gasteiger partial charge < -0.3 is 33.7 Å². The number of amides is 3. The maximum atomic E-state index is 13.7. The van der Waals surface area contributed by atoms with Crippen molar-refractivity contribution in [2.45, 2.75) is 47.2 Å². The summed E-state index contributed by atoms with van der Waals surface area (Å²) in [5.74, 6) is 2.57. The zero-order valence-electron chi connectivity index (χ0n) is 23.1. The second-order valence-electron chi connectivity index (χ2n) is 9.67. The van der Waals surface area contributed by atoms with Gasteiger partial charge in [-0.2, -0.15) is 0 Å². The molecule has 0 spiro atoms. The summed E-state index contributed by atoms with van der Waals surface area (Å²) in [7, 11) is 0. The van der Waals surface area contributed by atoms with Gasteiger partial charge in [0, 0.05) is 32.0 Å². The van der Waals surface area contributed by atoms with Crippen LogP contribution in [0.4, 0.5) is 10.5 Å². The summed E-state index contributed by atoms with van der Waals surface area (Å²) in [6.07, 6.45) is 0.612. The number of nitrogens with zero attached hydrogens (tertiary/aromatic N) is 2. The van der Waals surface area contributed by atoms with Gasteiger partial charge in [0.1, 0.15) is 18.1 Å². The number of ether oxygens (including phenoxy) is 3. The Hall–Kier alpha value is -3.98. The molecule has 1 N–H and O–H groups in total. The summed E-state index contributed by atoms with van der Waals surface area (Å²) in [5, 5.41) is 2.98. The van der Waals surface area contributed by atoms with Crippen molar-refractivity contribution in [3.8, 4) is 11.5 Å². The second-order valence-corrected chi connectivity index (χ2v) is 9.67. The largest absolute Gasteiger partial charge is 0.464 e. The Bertz CT molecular complexity index is 1290. The minimum Gasteiger partial charge on any atom is -0.464 e. The van der Waals surface area contributed by atoms with Crippen LogP contribution in [-0.2, 0) is 22.6 Å². The molecule has 1 aromatic heterocycles. The number of hydrogen-bond acceptors (Lipinski definition) is 6. The van der Waals surface area contributed by atoms with E-state index in [-0.39, 0.29) is 31.8 Å². The van der Waals surface area contributed by atoms with Crippen molar-refractivity contribution in [2.24, 2.45) is 0 Å². The van der Waals surface area contributed by atoms with Crippen molar-refractivity contribution < 1.29 is 28.2 Å². The van der Waals surface area contributed by atoms with Crippen LogP contribution in [0.2, 0.25) is 0 Å². The molecule has 9 heteroatoms. The van der Waals surface area contributed by atoms with Gasteiger partial charge in [0.05, 0.1) is 6.54 Å². The summed E-state index contributed by atoms with van der Waals surface area (Å²) in [5.41, 5.74) is 3.68. The molecule has 208 valence electrons. The van der Waals surface area contributed by atoms with Crippen LogP contribution in [0.15, 0.2) is 52.9 Å². The standard InChI is InChI=1S/C30H37N3O6/c1-5-36-14-6-13-32(30(35)31-26-11-7-21(2)15-22(26)3)19-29(34)33(18-25-10-8-23(4)39-25)17-24-9-12-27-28(16-24)38-20-37-27/h7-12,15-16H,5-6,13-14,17-20H2,1-4H3,(H,31,35). The first-order valence-corrected chi connectivity index (χ1v) is 13.2. The average Bonchev–Trinajstić information content (AvgIpc) is 3.55. The third-order valence-corrected chi connectivity index (χ3v) is 6.46. The average molecular weight is 536 g/mol. The van der Waals surface area contributed by atoms with Crippen LogP contribution < -0.4 is 14.8 Å². The van der Waals surface area contributed by atoms with Crippen LogP contribution in [0.25, 0.3) is 0 Å². The molecular formula is C30H37N3O6. The van der Waals surface area contributed by atoms with Crippen molar-refractivity contribution in [3.63, 3.8) is 0 Å². The van der Waals surface area contributed by atoms with Gasteiger partial charge in [0.25, 0.3) is 0 Å². The third-order valence-electron chi connectivity index (χ3n) is 6.46. The molecule has 0 fully saturated rings. The molecule has 0 saturated carbocycles. The van der Waals surface area contributed by atoms with Gasteiger partial charge in [-0.25, -0.2) is 4.79 Å². The lowest BCUT2D eigenvalue weighted by molar-refractivity contribution is -0.133. The molecule has 3 aromatic rings. The molecular weight excluding hydrogens is 498 g/mol. The predicted octanol–water partition coefficient (Wildman–Crippen LogP) is 5.42. The van der Waals surface area contributed by atoms with Crippen molar-refractivity contribution in [3.05, 3.63) is 76.7 Å². The van der Waals surface area contributed by atoms with E-state index in [1.807, 2.05) is 76.2 Å². The Labute approximate surface area is 229 Å². The molecule has 9 nitrogen and oxygen atoms in total. The summed E-state index contributed by atoms with van der Waals surface area (Å²) >= 11 is 0. The Morgan fingerprint density at radius 2 is 1.77 bits per heavy atom. The Balaban J connectivity index is 1.52. The quantitative estimate of drug-likeness (QED) is 0.311. The maximum Gasteiger partial charge on any atom is 0.322 e. The monoisotopic (exact) mass is 535 g/mol. The number of rotatable bonds is 12.